The number of anilines is 1. The second-order valence-electron chi connectivity index (χ2n) is 5.34. The number of thiophene rings is 1. The first kappa shape index (κ1) is 19.3. The number of nitriles is 1. The van der Waals surface area contributed by atoms with Crippen molar-refractivity contribution in [2.45, 2.75) is 20.0 Å². The van der Waals surface area contributed by atoms with E-state index in [1.54, 1.807) is 23.6 Å². The summed E-state index contributed by atoms with van der Waals surface area (Å²) in [5.41, 5.74) is 1.35. The number of hydrogen-bond acceptors (Lipinski definition) is 7. The number of aryl methyl sites for hydroxylation is 1. The largest absolute Gasteiger partial charge is 0.493 e. The Morgan fingerprint density at radius 1 is 1.31 bits per heavy atom. The Kier molecular flexibility index (Phi) is 6.58. The number of benzene rings is 1. The summed E-state index contributed by atoms with van der Waals surface area (Å²) in [7, 11) is 1.51. The normalized spacial score (nSPS) is 11.2. The zero-order valence-corrected chi connectivity index (χ0v) is 15.4. The van der Waals surface area contributed by atoms with Gasteiger partial charge in [-0.05, 0) is 43.0 Å². The third kappa shape index (κ3) is 4.97. The van der Waals surface area contributed by atoms with Gasteiger partial charge < -0.3 is 19.5 Å². The Labute approximate surface area is 155 Å². The number of hydrogen-bond donors (Lipinski definition) is 1. The van der Waals surface area contributed by atoms with Crippen molar-refractivity contribution in [3.63, 3.8) is 0 Å². The molecule has 0 radical (unpaired) electrons. The second kappa shape index (κ2) is 8.87. The summed E-state index contributed by atoms with van der Waals surface area (Å²) < 4.78 is 15.6. The van der Waals surface area contributed by atoms with Crippen LogP contribution in [0, 0.1) is 18.3 Å². The molecule has 2 rings (SSSR count). The monoisotopic (exact) mass is 374 g/mol. The number of nitrogens with zero attached hydrogens (tertiary/aromatic N) is 1. The van der Waals surface area contributed by atoms with Gasteiger partial charge in [-0.25, -0.2) is 4.79 Å². The Hall–Kier alpha value is -3.05. The number of nitrogens with one attached hydrogen (secondary N) is 1. The minimum absolute atomic E-state index is 0.358. The third-order valence-corrected chi connectivity index (χ3v) is 4.19. The van der Waals surface area contributed by atoms with Crippen LogP contribution < -0.4 is 14.8 Å². The van der Waals surface area contributed by atoms with E-state index in [4.69, 9.17) is 19.5 Å². The van der Waals surface area contributed by atoms with Crippen LogP contribution in [-0.4, -0.2) is 31.7 Å². The van der Waals surface area contributed by atoms with Gasteiger partial charge >= 0.3 is 5.97 Å². The van der Waals surface area contributed by atoms with Crippen molar-refractivity contribution in [3.05, 3.63) is 40.8 Å². The van der Waals surface area contributed by atoms with Crippen molar-refractivity contribution in [3.8, 4) is 17.6 Å². The summed E-state index contributed by atoms with van der Waals surface area (Å²) in [5, 5.41) is 13.6. The van der Waals surface area contributed by atoms with E-state index in [0.29, 0.717) is 22.1 Å². The quantitative estimate of drug-likeness (QED) is 0.749. The van der Waals surface area contributed by atoms with Crippen molar-refractivity contribution in [1.29, 1.82) is 5.26 Å². The van der Waals surface area contributed by atoms with E-state index in [1.807, 2.05) is 19.1 Å². The maximum absolute atomic E-state index is 12.1. The fourth-order valence-corrected chi connectivity index (χ4v) is 2.76. The van der Waals surface area contributed by atoms with Gasteiger partial charge in [-0.1, -0.05) is 6.07 Å². The average Bonchev–Trinajstić information content (AvgIpc) is 3.07. The molecule has 136 valence electrons. The third-order valence-electron chi connectivity index (χ3n) is 3.36. The maximum atomic E-state index is 12.1. The summed E-state index contributed by atoms with van der Waals surface area (Å²) in [5.74, 6) is -0.304. The van der Waals surface area contributed by atoms with Crippen LogP contribution in [-0.2, 0) is 14.3 Å². The molecule has 2 aromatic rings. The lowest BCUT2D eigenvalue weighted by atomic mass is 10.2. The van der Waals surface area contributed by atoms with Gasteiger partial charge in [0, 0.05) is 0 Å². The van der Waals surface area contributed by atoms with E-state index in [-0.39, 0.29) is 6.61 Å². The van der Waals surface area contributed by atoms with Crippen LogP contribution >= 0.6 is 11.3 Å². The van der Waals surface area contributed by atoms with Crippen LogP contribution in [0.25, 0.3) is 0 Å². The van der Waals surface area contributed by atoms with Gasteiger partial charge in [0.05, 0.1) is 12.7 Å². The molecule has 0 bridgehead atoms. The Bertz CT molecular complexity index is 840. The van der Waals surface area contributed by atoms with E-state index in [2.05, 4.69) is 5.32 Å². The van der Waals surface area contributed by atoms with Crippen LogP contribution in [0.2, 0.25) is 0 Å². The Morgan fingerprint density at radius 2 is 2.08 bits per heavy atom. The summed E-state index contributed by atoms with van der Waals surface area (Å²) in [4.78, 5) is 24.0. The molecule has 0 aliphatic heterocycles. The first-order chi connectivity index (χ1) is 12.4. The van der Waals surface area contributed by atoms with Crippen LogP contribution in [0.5, 0.6) is 11.5 Å². The Morgan fingerprint density at radius 3 is 2.77 bits per heavy atom. The average molecular weight is 374 g/mol. The SMILES string of the molecule is COc1cc(C)ccc1OCC(=O)O[C@@H](C)C(=O)Nc1sccc1C#N. The summed E-state index contributed by atoms with van der Waals surface area (Å²) in [6.07, 6.45) is -1.03. The molecule has 1 amide bonds. The lowest BCUT2D eigenvalue weighted by Crippen LogP contribution is -2.31. The highest BCUT2D eigenvalue weighted by Gasteiger charge is 2.20. The summed E-state index contributed by atoms with van der Waals surface area (Å²) in [6.45, 7) is 2.99. The van der Waals surface area contributed by atoms with E-state index in [9.17, 15) is 9.59 Å². The first-order valence-corrected chi connectivity index (χ1v) is 8.58. The number of ether oxygens (including phenoxy) is 3. The minimum Gasteiger partial charge on any atom is -0.493 e. The van der Waals surface area contributed by atoms with Gasteiger partial charge in [-0.3, -0.25) is 4.79 Å². The molecule has 1 aromatic carbocycles. The van der Waals surface area contributed by atoms with Gasteiger partial charge in [-0.2, -0.15) is 5.26 Å². The molecule has 0 fully saturated rings. The standard InChI is InChI=1S/C18H18N2O5S/c1-11-4-5-14(15(8-11)23-3)24-10-16(21)25-12(2)17(22)20-18-13(9-19)6-7-26-18/h4-8,12H,10H2,1-3H3,(H,20,22)/t12-/m0/s1. The minimum atomic E-state index is -1.03. The second-order valence-corrected chi connectivity index (χ2v) is 6.26. The Balaban J connectivity index is 1.87. The van der Waals surface area contributed by atoms with E-state index < -0.39 is 18.0 Å². The molecule has 7 nitrogen and oxygen atoms in total. The molecule has 1 aromatic heterocycles. The smallest absolute Gasteiger partial charge is 0.344 e. The fourth-order valence-electron chi connectivity index (χ4n) is 2.02. The van der Waals surface area contributed by atoms with Gasteiger partial charge in [0.15, 0.2) is 24.2 Å². The number of carbonyl (C=O) groups excluding carboxylic acids is 2. The van der Waals surface area contributed by atoms with Crippen LogP contribution in [0.1, 0.15) is 18.1 Å². The molecule has 0 unspecified atom stereocenters. The van der Waals surface area contributed by atoms with Gasteiger partial charge in [0.2, 0.25) is 0 Å². The molecular formula is C18H18N2O5S. The van der Waals surface area contributed by atoms with Gasteiger partial charge in [0.25, 0.3) is 5.91 Å². The summed E-state index contributed by atoms with van der Waals surface area (Å²) in [6, 6.07) is 8.87. The number of carbonyl (C=O) groups is 2. The summed E-state index contributed by atoms with van der Waals surface area (Å²) >= 11 is 1.22. The highest BCUT2D eigenvalue weighted by Crippen LogP contribution is 2.27. The number of esters is 1. The molecule has 1 atom stereocenters. The van der Waals surface area contributed by atoms with Crippen molar-refractivity contribution >= 4 is 28.2 Å². The predicted molar refractivity (Wildman–Crippen MR) is 96.4 cm³/mol. The molecular weight excluding hydrogens is 356 g/mol. The van der Waals surface area contributed by atoms with Crippen molar-refractivity contribution in [2.75, 3.05) is 19.0 Å². The molecule has 26 heavy (non-hydrogen) atoms. The number of amides is 1. The van der Waals surface area contributed by atoms with Crippen LogP contribution in [0.4, 0.5) is 5.00 Å². The van der Waals surface area contributed by atoms with Crippen LogP contribution in [0.3, 0.4) is 0 Å². The van der Waals surface area contributed by atoms with Crippen molar-refractivity contribution < 1.29 is 23.8 Å². The van der Waals surface area contributed by atoms with E-state index in [0.717, 1.165) is 5.56 Å². The molecule has 1 N–H and O–H groups in total. The van der Waals surface area contributed by atoms with E-state index in [1.165, 1.54) is 25.4 Å². The van der Waals surface area contributed by atoms with Crippen LogP contribution in [0.15, 0.2) is 29.6 Å². The molecule has 0 aliphatic rings. The van der Waals surface area contributed by atoms with Gasteiger partial charge in [-0.15, -0.1) is 11.3 Å². The maximum Gasteiger partial charge on any atom is 0.344 e. The molecule has 0 saturated heterocycles. The highest BCUT2D eigenvalue weighted by atomic mass is 32.1. The molecule has 0 saturated carbocycles. The zero-order chi connectivity index (χ0) is 19.1. The lowest BCUT2D eigenvalue weighted by Gasteiger charge is -2.14. The molecule has 8 heteroatoms. The van der Waals surface area contributed by atoms with Crippen molar-refractivity contribution in [2.24, 2.45) is 0 Å². The first-order valence-electron chi connectivity index (χ1n) is 7.70. The van der Waals surface area contributed by atoms with E-state index >= 15 is 0 Å². The zero-order valence-electron chi connectivity index (χ0n) is 14.6. The molecule has 0 aliphatic carbocycles. The van der Waals surface area contributed by atoms with Gasteiger partial charge in [0.1, 0.15) is 11.1 Å². The topological polar surface area (TPSA) is 97.7 Å². The highest BCUT2D eigenvalue weighted by molar-refractivity contribution is 7.14. The number of rotatable bonds is 7. The fraction of sp³-hybridized carbons (Fsp3) is 0.278. The predicted octanol–water partition coefficient (Wildman–Crippen LogP) is 2.89. The number of methoxy groups -OCH3 is 1. The molecule has 0 spiro atoms. The van der Waals surface area contributed by atoms with Crippen molar-refractivity contribution in [1.82, 2.24) is 0 Å². The molecule has 1 heterocycles. The lowest BCUT2D eigenvalue weighted by molar-refractivity contribution is -0.155.